The third-order valence-corrected chi connectivity index (χ3v) is 7.19. The van der Waals surface area contributed by atoms with Crippen LogP contribution in [0.25, 0.3) is 87.2 Å². The quantitative estimate of drug-likeness (QED) is 0.143. The second-order valence-electron chi connectivity index (χ2n) is 9.58. The molecule has 0 unspecified atom stereocenters. The first-order valence-corrected chi connectivity index (χ1v) is 13.1. The largest absolute Gasteiger partial charge is 0.0636 e. The molecule has 0 fully saturated rings. The van der Waals surface area contributed by atoms with Gasteiger partial charge in [-0.3, -0.25) is 0 Å². The summed E-state index contributed by atoms with van der Waals surface area (Å²) >= 11 is 0. The third-order valence-electron chi connectivity index (χ3n) is 7.19. The number of fused-ring (bicyclic) bond motifs is 6. The number of hydrogen-bond donors (Lipinski definition) is 0. The van der Waals surface area contributed by atoms with Crippen molar-refractivity contribution in [3.05, 3.63) is 169 Å². The molecule has 0 bridgehead atoms. The molecule has 0 radical (unpaired) electrons. The van der Waals surface area contributed by atoms with Crippen LogP contribution < -0.4 is 0 Å². The van der Waals surface area contributed by atoms with E-state index in [1.54, 1.807) is 0 Å². The highest BCUT2D eigenvalue weighted by molar-refractivity contribution is 6.22. The molecule has 0 spiro atoms. The second kappa shape index (κ2) is 9.93. The summed E-state index contributed by atoms with van der Waals surface area (Å²) in [5.41, 5.74) is -4.62. The van der Waals surface area contributed by atoms with Gasteiger partial charge in [0.1, 0.15) is 0 Å². The lowest BCUT2D eigenvalue weighted by Crippen LogP contribution is -1.91. The summed E-state index contributed by atoms with van der Waals surface area (Å²) in [6, 6.07) is -23.5. The molecule has 9 aromatic rings. The first kappa shape index (κ1) is 9.91. The Balaban J connectivity index is 1.62. The Morgan fingerprint density at radius 3 is 1.52 bits per heavy atom. The zero-order valence-electron chi connectivity index (χ0n) is 49.1. The minimum absolute atomic E-state index is 0.361. The van der Waals surface area contributed by atoms with Crippen molar-refractivity contribution in [2.24, 2.45) is 0 Å². The maximum atomic E-state index is 9.95. The van der Waals surface area contributed by atoms with Gasteiger partial charge in [-0.15, -0.1) is 0 Å². The van der Waals surface area contributed by atoms with E-state index in [1.807, 2.05) is 0 Å². The van der Waals surface area contributed by atoms with Gasteiger partial charge < -0.3 is 0 Å². The first-order chi connectivity index (χ1) is 33.1. The fourth-order valence-corrected chi connectivity index (χ4v) is 5.34. The van der Waals surface area contributed by atoms with E-state index in [2.05, 4.69) is 0 Å². The second-order valence-corrected chi connectivity index (χ2v) is 9.58. The lowest BCUT2D eigenvalue weighted by Gasteiger charge is -2.19. The Bertz CT molecular complexity index is 3980. The Morgan fingerprint density at radius 2 is 0.818 bits per heavy atom. The van der Waals surface area contributed by atoms with E-state index in [0.717, 1.165) is 6.07 Å². The highest BCUT2D eigenvalue weighted by atomic mass is 14.2. The minimum atomic E-state index is -1.07. The molecule has 0 heterocycles. The fraction of sp³-hybridized carbons (Fsp3) is 0. The SMILES string of the molecule is [2H]c1cc2c([2H])c(-c3c([2H])c([2H])c([2H])c(-c4c5c([2H])c([2H])c([2H])c([2H])c5c(-c5c([2H])c([2H])c6c([2H])c([2H])c([2H])c([2H])c6c5[2H])c5c([2H])c([2H])c([2H])c([2H])c45)c3[2H])c3c([2H])c([2H])c([2H])c([2H])c3c2c([2H])c1[2H]. The smallest absolute Gasteiger partial charge is 0.0616 e. The van der Waals surface area contributed by atoms with Crippen LogP contribution in [0.15, 0.2) is 169 Å². The highest BCUT2D eigenvalue weighted by Crippen LogP contribution is 2.45. The molecule has 0 N–H and O–H groups in total. The van der Waals surface area contributed by atoms with Crippen molar-refractivity contribution in [2.75, 3.05) is 0 Å². The van der Waals surface area contributed by atoms with Crippen LogP contribution >= 0.6 is 0 Å². The molecule has 0 aliphatic rings. The molecule has 0 nitrogen and oxygen atoms in total. The normalized spacial score (nSPS) is 20.2. The number of benzene rings is 9. The first-order valence-electron chi connectivity index (χ1n) is 26.6. The lowest BCUT2D eigenvalue weighted by molar-refractivity contribution is 1.64. The van der Waals surface area contributed by atoms with Crippen molar-refractivity contribution < 1.29 is 37.0 Å². The molecule has 0 heteroatoms. The molecule has 0 aliphatic carbocycles. The average molecular weight is 584 g/mol. The number of rotatable bonds is 3. The Labute approximate surface area is 294 Å². The maximum absolute atomic E-state index is 9.95. The van der Waals surface area contributed by atoms with Crippen molar-refractivity contribution in [1.82, 2.24) is 0 Å². The van der Waals surface area contributed by atoms with Gasteiger partial charge in [0.05, 0.1) is 37.0 Å². The van der Waals surface area contributed by atoms with Crippen LogP contribution in [-0.4, -0.2) is 0 Å². The standard InChI is InChI=1S/C44H28/c1-2-13-30-26-34(25-24-29(30)12-1)44-40-22-9-7-20-38(40)43(39-21-8-10-23-41(39)44)33-16-11-15-31(27-33)42-28-32-14-3-4-17-35(32)36-18-5-6-19-37(36)42/h1-28H/i1D,2D,3D,4D,5D,6D,7D,8D,9D,10D,11D,12D,13D,15D,16D,17D,18D,19D,20D,21D,22D,23D,24D,25D,26D,27D,28D. The molecule has 204 valence electrons. The van der Waals surface area contributed by atoms with Crippen LogP contribution in [0, 0.1) is 0 Å². The molecular weight excluding hydrogens is 528 g/mol. The van der Waals surface area contributed by atoms with Crippen LogP contribution in [0.2, 0.25) is 0 Å². The van der Waals surface area contributed by atoms with Gasteiger partial charge in [-0.1, -0.05) is 151 Å². The van der Waals surface area contributed by atoms with E-state index >= 15 is 0 Å². The lowest BCUT2D eigenvalue weighted by atomic mass is 9.84. The monoisotopic (exact) mass is 583 g/mol. The van der Waals surface area contributed by atoms with E-state index < -0.39 is 240 Å². The van der Waals surface area contributed by atoms with Gasteiger partial charge in [0.2, 0.25) is 0 Å². The topological polar surface area (TPSA) is 0 Å². The van der Waals surface area contributed by atoms with Gasteiger partial charge in [0, 0.05) is 0 Å². The van der Waals surface area contributed by atoms with Crippen molar-refractivity contribution >= 4 is 53.9 Å². The zero-order chi connectivity index (χ0) is 52.5. The Morgan fingerprint density at radius 1 is 0.295 bits per heavy atom. The van der Waals surface area contributed by atoms with Crippen molar-refractivity contribution in [3.8, 4) is 33.4 Å². The van der Waals surface area contributed by atoms with E-state index in [9.17, 15) is 15.1 Å². The van der Waals surface area contributed by atoms with Crippen LogP contribution in [0.5, 0.6) is 0 Å². The molecule has 0 aliphatic heterocycles. The van der Waals surface area contributed by atoms with Crippen LogP contribution in [0.3, 0.4) is 0 Å². The molecule has 9 rings (SSSR count). The van der Waals surface area contributed by atoms with Crippen molar-refractivity contribution in [3.63, 3.8) is 0 Å². The van der Waals surface area contributed by atoms with Crippen LogP contribution in [0.4, 0.5) is 0 Å². The fourth-order valence-electron chi connectivity index (χ4n) is 5.34. The van der Waals surface area contributed by atoms with Crippen LogP contribution in [-0.2, 0) is 0 Å². The summed E-state index contributed by atoms with van der Waals surface area (Å²) < 4.78 is 243. The molecular formula is C44H28. The van der Waals surface area contributed by atoms with Gasteiger partial charge in [0.25, 0.3) is 0 Å². The molecule has 0 saturated heterocycles. The van der Waals surface area contributed by atoms with Crippen LogP contribution in [0.1, 0.15) is 37.0 Å². The molecule has 0 atom stereocenters. The molecule has 0 amide bonds. The van der Waals surface area contributed by atoms with Gasteiger partial charge in [-0.2, -0.15) is 0 Å². The summed E-state index contributed by atoms with van der Waals surface area (Å²) in [6.45, 7) is 0. The summed E-state index contributed by atoms with van der Waals surface area (Å²) in [6.07, 6.45) is 0. The highest BCUT2D eigenvalue weighted by Gasteiger charge is 2.17. The third kappa shape index (κ3) is 3.85. The summed E-state index contributed by atoms with van der Waals surface area (Å²) in [5, 5.41) is -6.01. The Hall–Kier alpha value is -5.72. The molecule has 0 aromatic heterocycles. The van der Waals surface area contributed by atoms with E-state index in [1.165, 1.54) is 0 Å². The Kier molecular flexibility index (Phi) is 2.24. The zero-order valence-corrected chi connectivity index (χ0v) is 22.1. The predicted octanol–water partition coefficient (Wildman–Crippen LogP) is 12.5. The van der Waals surface area contributed by atoms with Gasteiger partial charge in [0.15, 0.2) is 0 Å². The van der Waals surface area contributed by atoms with Crippen molar-refractivity contribution in [2.45, 2.75) is 0 Å². The summed E-state index contributed by atoms with van der Waals surface area (Å²) in [4.78, 5) is 0. The van der Waals surface area contributed by atoms with Gasteiger partial charge in [-0.05, 0) is 105 Å². The van der Waals surface area contributed by atoms with Gasteiger partial charge >= 0.3 is 0 Å². The summed E-state index contributed by atoms with van der Waals surface area (Å²) in [7, 11) is 0. The van der Waals surface area contributed by atoms with E-state index in [-0.39, 0.29) is 10.8 Å². The summed E-state index contributed by atoms with van der Waals surface area (Å²) in [5.74, 6) is 0. The maximum Gasteiger partial charge on any atom is 0.0636 e. The molecule has 44 heavy (non-hydrogen) atoms. The van der Waals surface area contributed by atoms with E-state index in [0.29, 0.717) is 0 Å². The minimum Gasteiger partial charge on any atom is -0.0616 e. The van der Waals surface area contributed by atoms with E-state index in [4.69, 9.17) is 21.9 Å². The molecule has 9 aromatic carbocycles. The van der Waals surface area contributed by atoms with Gasteiger partial charge in [-0.25, -0.2) is 0 Å². The predicted molar refractivity (Wildman–Crippen MR) is 190 cm³/mol. The molecule has 0 saturated carbocycles. The average Bonchev–Trinajstić information content (AvgIpc) is 3.33. The van der Waals surface area contributed by atoms with Crippen molar-refractivity contribution in [1.29, 1.82) is 0 Å². The number of hydrogen-bond acceptors (Lipinski definition) is 0.